The Bertz CT molecular complexity index is 842. The summed E-state index contributed by atoms with van der Waals surface area (Å²) in [7, 11) is 0. The summed E-state index contributed by atoms with van der Waals surface area (Å²) >= 11 is 0. The van der Waals surface area contributed by atoms with Crippen LogP contribution in [0.5, 0.6) is 0 Å². The molecule has 3 heterocycles. The first-order chi connectivity index (χ1) is 11.2. The second kappa shape index (κ2) is 7.85. The number of aromatic nitrogens is 3. The molecule has 6 heteroatoms. The van der Waals surface area contributed by atoms with Crippen molar-refractivity contribution in [3.63, 3.8) is 0 Å². The summed E-state index contributed by atoms with van der Waals surface area (Å²) in [4.78, 5) is 15.5. The van der Waals surface area contributed by atoms with Crippen LogP contribution in [-0.2, 0) is 0 Å². The van der Waals surface area contributed by atoms with E-state index < -0.39 is 0 Å². The lowest BCUT2D eigenvalue weighted by molar-refractivity contribution is 0.574. The minimum absolute atomic E-state index is 0. The van der Waals surface area contributed by atoms with E-state index in [4.69, 9.17) is 9.97 Å². The van der Waals surface area contributed by atoms with Crippen LogP contribution in [0.25, 0.3) is 22.3 Å². The molecule has 0 radical (unpaired) electrons. The van der Waals surface area contributed by atoms with Crippen LogP contribution >= 0.6 is 12.4 Å². The van der Waals surface area contributed by atoms with Gasteiger partial charge >= 0.3 is 0 Å². The normalized spacial score (nSPS) is 14.1. The molecule has 1 aromatic carbocycles. The number of anilines is 1. The third kappa shape index (κ3) is 3.48. The summed E-state index contributed by atoms with van der Waals surface area (Å²) in [5.74, 6) is 1.91. The zero-order valence-electron chi connectivity index (χ0n) is 14.7. The Hall–Kier alpha value is -2.11. The van der Waals surface area contributed by atoms with Gasteiger partial charge in [0.05, 0.1) is 11.2 Å². The van der Waals surface area contributed by atoms with Crippen LogP contribution in [0.15, 0.2) is 30.3 Å². The van der Waals surface area contributed by atoms with E-state index in [1.165, 1.54) is 30.4 Å². The molecule has 1 fully saturated rings. The number of H-pyrrole nitrogens is 1. The quantitative estimate of drug-likeness (QED) is 0.754. The maximum absolute atomic E-state index is 4.76. The molecule has 25 heavy (non-hydrogen) atoms. The number of fused-ring (bicyclic) bond motifs is 1. The molecule has 0 amide bonds. The number of hydrogen-bond acceptors (Lipinski definition) is 3. The van der Waals surface area contributed by atoms with E-state index in [2.05, 4.69) is 41.1 Å². The smallest absolute Gasteiger partial charge is 0.156 e. The monoisotopic (exact) mass is 360 g/mol. The third-order valence-electron chi connectivity index (χ3n) is 4.70. The average Bonchev–Trinajstić information content (AvgIpc) is 2.93. The van der Waals surface area contributed by atoms with E-state index in [1.807, 2.05) is 13.0 Å². The van der Waals surface area contributed by atoms with Crippen LogP contribution in [-0.4, -0.2) is 33.5 Å². The van der Waals surface area contributed by atoms with Gasteiger partial charge in [-0.1, -0.05) is 30.3 Å². The van der Waals surface area contributed by atoms with Crippen molar-refractivity contribution in [2.75, 3.05) is 18.0 Å². The van der Waals surface area contributed by atoms with Gasteiger partial charge in [0.15, 0.2) is 5.82 Å². The zero-order chi connectivity index (χ0) is 15.8. The molecule has 1 aliphatic rings. The van der Waals surface area contributed by atoms with Crippen molar-refractivity contribution in [1.82, 2.24) is 15.0 Å². The lowest BCUT2D eigenvalue weighted by Gasteiger charge is -2.28. The highest BCUT2D eigenvalue weighted by atomic mass is 35.5. The summed E-state index contributed by atoms with van der Waals surface area (Å²) in [5.41, 5.74) is 5.68. The highest BCUT2D eigenvalue weighted by molar-refractivity contribution is 5.94. The molecule has 0 unspecified atom stereocenters. The Morgan fingerprint density at radius 2 is 1.64 bits per heavy atom. The third-order valence-corrected chi connectivity index (χ3v) is 4.70. The largest absolute Gasteiger partial charge is 0.412 e. The molecule has 0 spiro atoms. The number of piperidine rings is 1. The topological polar surface area (TPSA) is 76.3 Å². The number of benzene rings is 1. The molecule has 134 valence electrons. The van der Waals surface area contributed by atoms with Crippen molar-refractivity contribution in [2.24, 2.45) is 0 Å². The maximum Gasteiger partial charge on any atom is 0.156 e. The van der Waals surface area contributed by atoms with Crippen molar-refractivity contribution < 1.29 is 5.48 Å². The van der Waals surface area contributed by atoms with Crippen molar-refractivity contribution in [1.29, 1.82) is 0 Å². The van der Waals surface area contributed by atoms with Gasteiger partial charge in [-0.2, -0.15) is 0 Å². The number of aromatic amines is 1. The number of nitrogens with one attached hydrogen (secondary N) is 1. The van der Waals surface area contributed by atoms with Crippen LogP contribution < -0.4 is 4.90 Å². The van der Waals surface area contributed by atoms with Crippen molar-refractivity contribution >= 4 is 29.3 Å². The fourth-order valence-electron chi connectivity index (χ4n) is 3.51. The molecule has 3 N–H and O–H groups in total. The minimum atomic E-state index is 0. The van der Waals surface area contributed by atoms with Gasteiger partial charge in [-0.05, 0) is 38.7 Å². The Morgan fingerprint density at radius 3 is 2.32 bits per heavy atom. The fourth-order valence-corrected chi connectivity index (χ4v) is 3.51. The summed E-state index contributed by atoms with van der Waals surface area (Å²) in [6.45, 7) is 6.31. The number of rotatable bonds is 2. The second-order valence-corrected chi connectivity index (χ2v) is 6.36. The number of hydrogen-bond donors (Lipinski definition) is 1. The van der Waals surface area contributed by atoms with Crippen molar-refractivity contribution in [3.8, 4) is 11.3 Å². The van der Waals surface area contributed by atoms with E-state index in [-0.39, 0.29) is 17.9 Å². The molecular weight excluding hydrogens is 336 g/mol. The first kappa shape index (κ1) is 19.2. The Balaban J connectivity index is 0.00000113. The summed E-state index contributed by atoms with van der Waals surface area (Å²) < 4.78 is 0. The van der Waals surface area contributed by atoms with Crippen molar-refractivity contribution in [2.45, 2.75) is 33.1 Å². The van der Waals surface area contributed by atoms with E-state index in [1.54, 1.807) is 0 Å². The average molecular weight is 361 g/mol. The van der Waals surface area contributed by atoms with E-state index in [9.17, 15) is 0 Å². The zero-order valence-corrected chi connectivity index (χ0v) is 15.5. The van der Waals surface area contributed by atoms with Gasteiger partial charge in [0, 0.05) is 18.7 Å². The predicted octanol–water partition coefficient (Wildman–Crippen LogP) is 3.83. The van der Waals surface area contributed by atoms with E-state index in [0.29, 0.717) is 0 Å². The van der Waals surface area contributed by atoms with Gasteiger partial charge in [0.25, 0.3) is 0 Å². The van der Waals surface area contributed by atoms with Crippen LogP contribution in [0, 0.1) is 13.8 Å². The van der Waals surface area contributed by atoms with Crippen molar-refractivity contribution in [3.05, 3.63) is 41.7 Å². The van der Waals surface area contributed by atoms with E-state index >= 15 is 0 Å². The summed E-state index contributed by atoms with van der Waals surface area (Å²) in [5, 5.41) is 0. The van der Waals surface area contributed by atoms with Crippen LogP contribution in [0.2, 0.25) is 0 Å². The Kier molecular flexibility index (Phi) is 6.03. The van der Waals surface area contributed by atoms with Gasteiger partial charge in [-0.15, -0.1) is 12.4 Å². The van der Waals surface area contributed by atoms with Gasteiger partial charge in [-0.3, -0.25) is 0 Å². The van der Waals surface area contributed by atoms with Crippen LogP contribution in [0.1, 0.15) is 30.7 Å². The Morgan fingerprint density at radius 1 is 0.960 bits per heavy atom. The second-order valence-electron chi connectivity index (χ2n) is 6.36. The minimum Gasteiger partial charge on any atom is -0.412 e. The molecule has 0 aliphatic carbocycles. The lowest BCUT2D eigenvalue weighted by atomic mass is 10.1. The molecule has 0 saturated carbocycles. The lowest BCUT2D eigenvalue weighted by Crippen LogP contribution is -2.30. The highest BCUT2D eigenvalue weighted by Crippen LogP contribution is 2.33. The van der Waals surface area contributed by atoms with Gasteiger partial charge < -0.3 is 15.4 Å². The SMILES string of the molecule is Cc1nc(N2CCCCC2)c2[nH]c(-c3ccccc3)c(C)c2n1.Cl.O. The summed E-state index contributed by atoms with van der Waals surface area (Å²) in [6, 6.07) is 10.5. The number of nitrogens with zero attached hydrogens (tertiary/aromatic N) is 3. The fraction of sp³-hybridized carbons (Fsp3) is 0.368. The molecule has 4 rings (SSSR count). The van der Waals surface area contributed by atoms with Crippen LogP contribution in [0.3, 0.4) is 0 Å². The van der Waals surface area contributed by atoms with Crippen LogP contribution in [0.4, 0.5) is 5.82 Å². The van der Waals surface area contributed by atoms with E-state index in [0.717, 1.165) is 41.5 Å². The standard InChI is InChI=1S/C19H22N4.ClH.H2O/c1-13-16(15-9-5-3-6-10-15)22-18-17(13)20-14(2)21-19(18)23-11-7-4-8-12-23;;/h3,5-6,9-10,22H,4,7-8,11-12H2,1-2H3;1H;1H2. The molecular formula is C19H25ClN4O. The molecule has 3 aromatic rings. The molecule has 1 aliphatic heterocycles. The summed E-state index contributed by atoms with van der Waals surface area (Å²) in [6.07, 6.45) is 3.81. The molecule has 2 aromatic heterocycles. The molecule has 1 saturated heterocycles. The molecule has 5 nitrogen and oxygen atoms in total. The molecule has 0 atom stereocenters. The van der Waals surface area contributed by atoms with Gasteiger partial charge in [0.1, 0.15) is 11.3 Å². The van der Waals surface area contributed by atoms with Gasteiger partial charge in [0.2, 0.25) is 0 Å². The Labute approximate surface area is 154 Å². The number of aryl methyl sites for hydroxylation is 2. The highest BCUT2D eigenvalue weighted by Gasteiger charge is 2.20. The molecule has 0 bridgehead atoms. The first-order valence-electron chi connectivity index (χ1n) is 8.41. The predicted molar refractivity (Wildman–Crippen MR) is 106 cm³/mol. The number of halogens is 1. The maximum atomic E-state index is 4.76. The first-order valence-corrected chi connectivity index (χ1v) is 8.41. The van der Waals surface area contributed by atoms with Gasteiger partial charge in [-0.25, -0.2) is 9.97 Å².